The van der Waals surface area contributed by atoms with E-state index in [-0.39, 0.29) is 29.6 Å². The van der Waals surface area contributed by atoms with Crippen LogP contribution in [0.25, 0.3) is 28.2 Å². The van der Waals surface area contributed by atoms with Crippen LogP contribution in [0.4, 0.5) is 4.39 Å². The van der Waals surface area contributed by atoms with Gasteiger partial charge in [-0.25, -0.2) is 14.4 Å². The number of amides is 1. The number of fused-ring (bicyclic) bond motifs is 1. The van der Waals surface area contributed by atoms with Gasteiger partial charge in [0.2, 0.25) is 5.88 Å². The molecule has 0 spiro atoms. The van der Waals surface area contributed by atoms with Gasteiger partial charge in [0.15, 0.2) is 5.82 Å². The van der Waals surface area contributed by atoms with Crippen LogP contribution in [-0.4, -0.2) is 46.8 Å². The Morgan fingerprint density at radius 2 is 1.86 bits per heavy atom. The van der Waals surface area contributed by atoms with E-state index in [1.54, 1.807) is 47.2 Å². The van der Waals surface area contributed by atoms with Crippen molar-refractivity contribution in [2.24, 2.45) is 0 Å². The number of pyridine rings is 1. The maximum Gasteiger partial charge on any atom is 0.253 e. The number of rotatable bonds is 5. The lowest BCUT2D eigenvalue weighted by Crippen LogP contribution is -2.44. The summed E-state index contributed by atoms with van der Waals surface area (Å²) in [6.45, 7) is 1.95. The average Bonchev–Trinajstić information content (AvgIpc) is 3.30. The van der Waals surface area contributed by atoms with Gasteiger partial charge >= 0.3 is 0 Å². The number of carbonyl (C=O) groups excluding carboxylic acids is 1. The second-order valence-electron chi connectivity index (χ2n) is 9.13. The second kappa shape index (κ2) is 9.05. The summed E-state index contributed by atoms with van der Waals surface area (Å²) in [5.41, 5.74) is 3.20. The number of hydrogen-bond acceptors (Lipinski definition) is 7. The van der Waals surface area contributed by atoms with Crippen LogP contribution in [-0.2, 0) is 0 Å². The molecule has 1 amide bonds. The van der Waals surface area contributed by atoms with Crippen LogP contribution in [0.5, 0.6) is 5.88 Å². The monoisotopic (exact) mass is 495 g/mol. The van der Waals surface area contributed by atoms with Crippen molar-refractivity contribution < 1.29 is 14.3 Å². The number of aromatic hydroxyl groups is 1. The Kier molecular flexibility index (Phi) is 5.56. The molecular formula is C27H22FN7O2. The van der Waals surface area contributed by atoms with Crippen molar-refractivity contribution in [3.8, 4) is 23.1 Å². The van der Waals surface area contributed by atoms with Gasteiger partial charge in [-0.1, -0.05) is 24.3 Å². The Labute approximate surface area is 211 Å². The molecule has 5 aromatic rings. The first kappa shape index (κ1) is 22.7. The molecule has 0 radical (unpaired) electrons. The van der Waals surface area contributed by atoms with E-state index < -0.39 is 0 Å². The fourth-order valence-corrected chi connectivity index (χ4v) is 4.62. The minimum atomic E-state index is -0.385. The number of hydrogen-bond donors (Lipinski definition) is 2. The summed E-state index contributed by atoms with van der Waals surface area (Å²) in [5.74, 6) is 0.204. The zero-order valence-corrected chi connectivity index (χ0v) is 19.8. The molecule has 184 valence electrons. The molecule has 0 unspecified atom stereocenters. The maximum absolute atomic E-state index is 14.9. The van der Waals surface area contributed by atoms with Crippen LogP contribution >= 0.6 is 0 Å². The molecule has 0 saturated heterocycles. The predicted molar refractivity (Wildman–Crippen MR) is 134 cm³/mol. The molecule has 3 heterocycles. The Balaban J connectivity index is 1.26. The first-order valence-electron chi connectivity index (χ1n) is 11.9. The summed E-state index contributed by atoms with van der Waals surface area (Å²) in [4.78, 5) is 25.7. The SMILES string of the molecule is Cc1ccc(-c2nnc([C@H]3C[C@H](NC(=O)c4cccc5nc(O)cnc45)C3)n2-c2ccccc2F)nc1. The fourth-order valence-electron chi connectivity index (χ4n) is 4.62. The van der Waals surface area contributed by atoms with Gasteiger partial charge < -0.3 is 10.4 Å². The van der Waals surface area contributed by atoms with Crippen LogP contribution in [0, 0.1) is 12.7 Å². The average molecular weight is 496 g/mol. The molecule has 0 aliphatic heterocycles. The number of carbonyl (C=O) groups is 1. The summed E-state index contributed by atoms with van der Waals surface area (Å²) < 4.78 is 16.6. The van der Waals surface area contributed by atoms with Gasteiger partial charge in [-0.15, -0.1) is 10.2 Å². The van der Waals surface area contributed by atoms with Gasteiger partial charge in [0.1, 0.15) is 22.9 Å². The molecule has 1 saturated carbocycles. The van der Waals surface area contributed by atoms with Gasteiger partial charge in [-0.05, 0) is 55.7 Å². The quantitative estimate of drug-likeness (QED) is 0.377. The number of para-hydroxylation sites is 2. The van der Waals surface area contributed by atoms with E-state index >= 15 is 0 Å². The number of aryl methyl sites for hydroxylation is 1. The topological polar surface area (TPSA) is 119 Å². The third kappa shape index (κ3) is 4.16. The van der Waals surface area contributed by atoms with Crippen molar-refractivity contribution in [2.45, 2.75) is 31.7 Å². The van der Waals surface area contributed by atoms with E-state index in [1.165, 1.54) is 12.3 Å². The maximum atomic E-state index is 14.9. The Morgan fingerprint density at radius 1 is 1.03 bits per heavy atom. The van der Waals surface area contributed by atoms with E-state index in [2.05, 4.69) is 30.5 Å². The molecule has 37 heavy (non-hydrogen) atoms. The normalized spacial score (nSPS) is 16.9. The van der Waals surface area contributed by atoms with E-state index in [1.807, 2.05) is 19.1 Å². The van der Waals surface area contributed by atoms with Crippen LogP contribution in [0.1, 0.15) is 40.5 Å². The zero-order chi connectivity index (χ0) is 25.5. The number of nitrogens with one attached hydrogen (secondary N) is 1. The zero-order valence-electron chi connectivity index (χ0n) is 19.8. The number of aromatic nitrogens is 6. The molecule has 1 aliphatic carbocycles. The molecular weight excluding hydrogens is 473 g/mol. The van der Waals surface area contributed by atoms with Crippen molar-refractivity contribution in [2.75, 3.05) is 0 Å². The van der Waals surface area contributed by atoms with Gasteiger partial charge in [0, 0.05) is 18.2 Å². The largest absolute Gasteiger partial charge is 0.492 e. The Bertz CT molecular complexity index is 1630. The first-order chi connectivity index (χ1) is 18.0. The third-order valence-electron chi connectivity index (χ3n) is 6.56. The number of halogens is 1. The van der Waals surface area contributed by atoms with Crippen LogP contribution in [0.2, 0.25) is 0 Å². The van der Waals surface area contributed by atoms with E-state index in [0.29, 0.717) is 52.5 Å². The Hall–Kier alpha value is -4.73. The van der Waals surface area contributed by atoms with Crippen molar-refractivity contribution in [1.29, 1.82) is 0 Å². The van der Waals surface area contributed by atoms with E-state index in [4.69, 9.17) is 0 Å². The molecule has 2 aromatic carbocycles. The van der Waals surface area contributed by atoms with Crippen molar-refractivity contribution in [3.63, 3.8) is 0 Å². The minimum Gasteiger partial charge on any atom is -0.492 e. The summed E-state index contributed by atoms with van der Waals surface area (Å²) in [7, 11) is 0. The summed E-state index contributed by atoms with van der Waals surface area (Å²) in [5, 5.41) is 21.4. The molecule has 3 aromatic heterocycles. The van der Waals surface area contributed by atoms with Crippen LogP contribution in [0.3, 0.4) is 0 Å². The highest BCUT2D eigenvalue weighted by molar-refractivity contribution is 6.04. The summed E-state index contributed by atoms with van der Waals surface area (Å²) in [6.07, 6.45) is 4.20. The van der Waals surface area contributed by atoms with Gasteiger partial charge in [0.05, 0.1) is 23.0 Å². The highest BCUT2D eigenvalue weighted by Gasteiger charge is 2.36. The van der Waals surface area contributed by atoms with Crippen molar-refractivity contribution >= 4 is 16.9 Å². The number of nitrogens with zero attached hydrogens (tertiary/aromatic N) is 6. The van der Waals surface area contributed by atoms with Gasteiger partial charge in [-0.3, -0.25) is 14.3 Å². The molecule has 1 fully saturated rings. The van der Waals surface area contributed by atoms with E-state index in [9.17, 15) is 14.3 Å². The standard InChI is InChI=1S/C27H22FN7O2/c1-15-9-10-21(29-13-15)26-34-33-25(35(26)22-8-3-2-6-19(22)28)16-11-17(12-16)31-27(37)18-5-4-7-20-24(18)30-14-23(36)32-20/h2-10,13-14,16-17H,11-12H2,1H3,(H,31,37)(H,32,36)/t16-,17-. The van der Waals surface area contributed by atoms with Crippen LogP contribution in [0.15, 0.2) is 67.0 Å². The smallest absolute Gasteiger partial charge is 0.253 e. The lowest BCUT2D eigenvalue weighted by Gasteiger charge is -2.35. The fraction of sp³-hybridized carbons (Fsp3) is 0.185. The van der Waals surface area contributed by atoms with Crippen LogP contribution < -0.4 is 5.32 Å². The highest BCUT2D eigenvalue weighted by atomic mass is 19.1. The molecule has 1 aliphatic rings. The molecule has 0 bridgehead atoms. The third-order valence-corrected chi connectivity index (χ3v) is 6.56. The lowest BCUT2D eigenvalue weighted by molar-refractivity contribution is 0.0908. The van der Waals surface area contributed by atoms with Gasteiger partial charge in [0.25, 0.3) is 5.91 Å². The van der Waals surface area contributed by atoms with Gasteiger partial charge in [-0.2, -0.15) is 0 Å². The predicted octanol–water partition coefficient (Wildman–Crippen LogP) is 4.10. The van der Waals surface area contributed by atoms with Crippen molar-refractivity contribution in [1.82, 2.24) is 35.0 Å². The molecule has 0 atom stereocenters. The van der Waals surface area contributed by atoms with E-state index in [0.717, 1.165) is 5.56 Å². The minimum absolute atomic E-state index is 0.0270. The first-order valence-corrected chi connectivity index (χ1v) is 11.9. The van der Waals surface area contributed by atoms with Crippen molar-refractivity contribution in [3.05, 3.63) is 89.8 Å². The molecule has 6 rings (SSSR count). The summed E-state index contributed by atoms with van der Waals surface area (Å²) >= 11 is 0. The lowest BCUT2D eigenvalue weighted by atomic mass is 9.79. The second-order valence-corrected chi connectivity index (χ2v) is 9.13. The Morgan fingerprint density at radius 3 is 2.65 bits per heavy atom. The molecule has 10 heteroatoms. The molecule has 2 N–H and O–H groups in total. The summed E-state index contributed by atoms with van der Waals surface area (Å²) in [6, 6.07) is 15.2. The molecule has 9 nitrogen and oxygen atoms in total. The number of benzene rings is 2. The highest BCUT2D eigenvalue weighted by Crippen LogP contribution is 2.39.